The van der Waals surface area contributed by atoms with Crippen LogP contribution in [0.15, 0.2) is 30.3 Å². The lowest BCUT2D eigenvalue weighted by Crippen LogP contribution is -2.37. The van der Waals surface area contributed by atoms with Gasteiger partial charge in [-0.25, -0.2) is 4.79 Å². The zero-order chi connectivity index (χ0) is 16.8. The fourth-order valence-electron chi connectivity index (χ4n) is 2.31. The standard InChI is InChI=1S/C17H22N4O2/c1-4-16(22)13-6-5-7-14(10-13)19-17(23)18-11(2)8-15-9-12(3)20-21-15/h5-7,9-11H,4,8H2,1-3H3,(H,20,21)(H2,18,19,23)/t11-/m1/s1. The van der Waals surface area contributed by atoms with E-state index in [4.69, 9.17) is 0 Å². The number of nitrogens with zero attached hydrogens (tertiary/aromatic N) is 1. The Bertz CT molecular complexity index is 693. The summed E-state index contributed by atoms with van der Waals surface area (Å²) in [6.45, 7) is 5.67. The molecule has 2 aromatic rings. The van der Waals surface area contributed by atoms with Gasteiger partial charge in [-0.3, -0.25) is 9.89 Å². The number of aromatic amines is 1. The largest absolute Gasteiger partial charge is 0.335 e. The zero-order valence-electron chi connectivity index (χ0n) is 13.6. The van der Waals surface area contributed by atoms with Crippen LogP contribution in [0.4, 0.5) is 10.5 Å². The van der Waals surface area contributed by atoms with Crippen LogP contribution in [0.1, 0.15) is 42.0 Å². The maximum absolute atomic E-state index is 12.0. The molecule has 0 aliphatic rings. The third kappa shape index (κ3) is 4.95. The van der Waals surface area contributed by atoms with Crippen LogP contribution in [0.3, 0.4) is 0 Å². The fraction of sp³-hybridized carbons (Fsp3) is 0.353. The molecule has 1 aromatic carbocycles. The number of ketones is 1. The smallest absolute Gasteiger partial charge is 0.319 e. The number of hydrogen-bond donors (Lipinski definition) is 3. The van der Waals surface area contributed by atoms with E-state index in [1.807, 2.05) is 26.8 Å². The number of nitrogens with one attached hydrogen (secondary N) is 3. The lowest BCUT2D eigenvalue weighted by Gasteiger charge is -2.14. The summed E-state index contributed by atoms with van der Waals surface area (Å²) in [4.78, 5) is 23.7. The van der Waals surface area contributed by atoms with Gasteiger partial charge >= 0.3 is 6.03 Å². The number of amides is 2. The summed E-state index contributed by atoms with van der Waals surface area (Å²) in [6, 6.07) is 8.55. The maximum atomic E-state index is 12.0. The summed E-state index contributed by atoms with van der Waals surface area (Å²) in [5, 5.41) is 12.6. The lowest BCUT2D eigenvalue weighted by atomic mass is 10.1. The molecule has 2 rings (SSSR count). The summed E-state index contributed by atoms with van der Waals surface area (Å²) in [5.74, 6) is 0.0522. The van der Waals surface area contributed by atoms with Gasteiger partial charge in [0.05, 0.1) is 5.69 Å². The van der Waals surface area contributed by atoms with Crippen molar-refractivity contribution in [1.82, 2.24) is 15.5 Å². The van der Waals surface area contributed by atoms with Crippen LogP contribution in [0.2, 0.25) is 0 Å². The van der Waals surface area contributed by atoms with Crippen LogP contribution in [0.25, 0.3) is 0 Å². The van der Waals surface area contributed by atoms with Gasteiger partial charge in [0.1, 0.15) is 0 Å². The molecule has 0 saturated carbocycles. The highest BCUT2D eigenvalue weighted by atomic mass is 16.2. The van der Waals surface area contributed by atoms with E-state index in [2.05, 4.69) is 20.8 Å². The van der Waals surface area contributed by atoms with Crippen molar-refractivity contribution in [2.24, 2.45) is 0 Å². The molecule has 0 spiro atoms. The SMILES string of the molecule is CCC(=O)c1cccc(NC(=O)N[C@H](C)Cc2cc(C)[nH]n2)c1. The van der Waals surface area contributed by atoms with Gasteiger partial charge in [-0.15, -0.1) is 0 Å². The second kappa shape index (κ2) is 7.58. The highest BCUT2D eigenvalue weighted by Crippen LogP contribution is 2.12. The Kier molecular flexibility index (Phi) is 5.51. The lowest BCUT2D eigenvalue weighted by molar-refractivity contribution is 0.0988. The highest BCUT2D eigenvalue weighted by molar-refractivity contribution is 5.98. The van der Waals surface area contributed by atoms with Gasteiger partial charge in [-0.2, -0.15) is 5.10 Å². The molecule has 2 amide bonds. The summed E-state index contributed by atoms with van der Waals surface area (Å²) in [7, 11) is 0. The van der Waals surface area contributed by atoms with Crippen molar-refractivity contribution in [2.45, 2.75) is 39.7 Å². The summed E-state index contributed by atoms with van der Waals surface area (Å²) in [6.07, 6.45) is 1.09. The number of urea groups is 1. The number of carbonyl (C=O) groups excluding carboxylic acids is 2. The van der Waals surface area contributed by atoms with Crippen molar-refractivity contribution in [1.29, 1.82) is 0 Å². The molecule has 0 unspecified atom stereocenters. The molecule has 1 heterocycles. The fourth-order valence-corrected chi connectivity index (χ4v) is 2.31. The van der Waals surface area contributed by atoms with Gasteiger partial charge in [-0.05, 0) is 32.0 Å². The molecule has 0 radical (unpaired) electrons. The van der Waals surface area contributed by atoms with E-state index < -0.39 is 0 Å². The Balaban J connectivity index is 1.90. The number of aryl methyl sites for hydroxylation is 1. The number of anilines is 1. The molecule has 1 aromatic heterocycles. The third-order valence-corrected chi connectivity index (χ3v) is 3.42. The van der Waals surface area contributed by atoms with Gasteiger partial charge in [0.2, 0.25) is 0 Å². The number of benzene rings is 1. The predicted molar refractivity (Wildman–Crippen MR) is 89.7 cm³/mol. The van der Waals surface area contributed by atoms with Gasteiger partial charge in [0, 0.05) is 35.8 Å². The molecule has 6 heteroatoms. The minimum Gasteiger partial charge on any atom is -0.335 e. The quantitative estimate of drug-likeness (QED) is 0.716. The third-order valence-electron chi connectivity index (χ3n) is 3.42. The first-order valence-electron chi connectivity index (χ1n) is 7.69. The zero-order valence-corrected chi connectivity index (χ0v) is 13.6. The maximum Gasteiger partial charge on any atom is 0.319 e. The van der Waals surface area contributed by atoms with Crippen molar-refractivity contribution >= 4 is 17.5 Å². The Morgan fingerprint density at radius 3 is 2.74 bits per heavy atom. The normalized spacial score (nSPS) is 11.8. The number of Topliss-reactive ketones (excluding diaryl/α,β-unsaturated/α-hetero) is 1. The van der Waals surface area contributed by atoms with Crippen LogP contribution in [0.5, 0.6) is 0 Å². The Hall–Kier alpha value is -2.63. The van der Waals surface area contributed by atoms with Crippen molar-refractivity contribution in [3.63, 3.8) is 0 Å². The minimum absolute atomic E-state index is 0.0522. The van der Waals surface area contributed by atoms with Crippen LogP contribution in [0, 0.1) is 6.92 Å². The molecule has 0 aliphatic carbocycles. The minimum atomic E-state index is -0.300. The van der Waals surface area contributed by atoms with Crippen LogP contribution >= 0.6 is 0 Å². The molecule has 23 heavy (non-hydrogen) atoms. The molecule has 6 nitrogen and oxygen atoms in total. The average Bonchev–Trinajstić information content (AvgIpc) is 2.91. The number of H-pyrrole nitrogens is 1. The Labute approximate surface area is 135 Å². The Morgan fingerprint density at radius 2 is 2.09 bits per heavy atom. The van der Waals surface area contributed by atoms with Gasteiger partial charge < -0.3 is 10.6 Å². The molecule has 0 aliphatic heterocycles. The van der Waals surface area contributed by atoms with E-state index in [1.165, 1.54) is 0 Å². The molecule has 0 fully saturated rings. The summed E-state index contributed by atoms with van der Waals surface area (Å²) in [5.41, 5.74) is 3.11. The highest BCUT2D eigenvalue weighted by Gasteiger charge is 2.11. The van der Waals surface area contributed by atoms with Crippen LogP contribution in [-0.2, 0) is 6.42 Å². The van der Waals surface area contributed by atoms with E-state index in [-0.39, 0.29) is 17.9 Å². The molecule has 122 valence electrons. The van der Waals surface area contributed by atoms with E-state index in [0.29, 0.717) is 24.1 Å². The van der Waals surface area contributed by atoms with E-state index in [9.17, 15) is 9.59 Å². The first kappa shape index (κ1) is 16.7. The van der Waals surface area contributed by atoms with Gasteiger partial charge in [-0.1, -0.05) is 19.1 Å². The number of hydrogen-bond acceptors (Lipinski definition) is 3. The predicted octanol–water partition coefficient (Wildman–Crippen LogP) is 3.06. The molecular formula is C17H22N4O2. The first-order valence-corrected chi connectivity index (χ1v) is 7.69. The monoisotopic (exact) mass is 314 g/mol. The molecule has 1 atom stereocenters. The van der Waals surface area contributed by atoms with Crippen LogP contribution in [-0.4, -0.2) is 28.1 Å². The summed E-state index contributed by atoms with van der Waals surface area (Å²) < 4.78 is 0. The number of aromatic nitrogens is 2. The molecule has 0 bridgehead atoms. The van der Waals surface area contributed by atoms with Crippen molar-refractivity contribution in [3.8, 4) is 0 Å². The summed E-state index contributed by atoms with van der Waals surface area (Å²) >= 11 is 0. The van der Waals surface area contributed by atoms with Crippen LogP contribution < -0.4 is 10.6 Å². The van der Waals surface area contributed by atoms with E-state index in [0.717, 1.165) is 11.4 Å². The van der Waals surface area contributed by atoms with Gasteiger partial charge in [0.15, 0.2) is 5.78 Å². The Morgan fingerprint density at radius 1 is 1.30 bits per heavy atom. The molecular weight excluding hydrogens is 292 g/mol. The van der Waals surface area contributed by atoms with Crippen molar-refractivity contribution < 1.29 is 9.59 Å². The molecule has 0 saturated heterocycles. The topological polar surface area (TPSA) is 86.9 Å². The van der Waals surface area contributed by atoms with Crippen molar-refractivity contribution in [3.05, 3.63) is 47.3 Å². The number of carbonyl (C=O) groups is 2. The van der Waals surface area contributed by atoms with Gasteiger partial charge in [0.25, 0.3) is 0 Å². The van der Waals surface area contributed by atoms with E-state index in [1.54, 1.807) is 24.3 Å². The first-order chi connectivity index (χ1) is 11.0. The molecule has 3 N–H and O–H groups in total. The average molecular weight is 314 g/mol. The second-order valence-electron chi connectivity index (χ2n) is 5.60. The van der Waals surface area contributed by atoms with E-state index >= 15 is 0 Å². The second-order valence-corrected chi connectivity index (χ2v) is 5.60. The number of rotatable bonds is 6. The van der Waals surface area contributed by atoms with Crippen molar-refractivity contribution in [2.75, 3.05) is 5.32 Å².